The number of nitrogens with one attached hydrogen (secondary N) is 2. The van der Waals surface area contributed by atoms with Gasteiger partial charge in [-0.15, -0.1) is 0 Å². The van der Waals surface area contributed by atoms with Crippen LogP contribution < -0.4 is 10.6 Å². The highest BCUT2D eigenvalue weighted by molar-refractivity contribution is 5.74. The number of rotatable bonds is 6. The van der Waals surface area contributed by atoms with Gasteiger partial charge in [0.2, 0.25) is 0 Å². The van der Waals surface area contributed by atoms with Gasteiger partial charge in [0.15, 0.2) is 0 Å². The summed E-state index contributed by atoms with van der Waals surface area (Å²) in [5.41, 5.74) is 0. The normalized spacial score (nSPS) is 22.8. The number of carboxylic acids is 1. The molecule has 1 saturated carbocycles. The van der Waals surface area contributed by atoms with Crippen LogP contribution in [0.2, 0.25) is 0 Å². The van der Waals surface area contributed by atoms with Crippen LogP contribution in [0.1, 0.15) is 32.1 Å². The van der Waals surface area contributed by atoms with E-state index in [9.17, 15) is 9.59 Å². The molecular weight excluding hydrogens is 246 g/mol. The number of aliphatic carboxylic acids is 1. The molecule has 1 aliphatic carbocycles. The zero-order valence-corrected chi connectivity index (χ0v) is 11.8. The Bertz CT molecular complexity index is 302. The highest BCUT2D eigenvalue weighted by atomic mass is 16.4. The summed E-state index contributed by atoms with van der Waals surface area (Å²) in [7, 11) is 3.68. The van der Waals surface area contributed by atoms with Gasteiger partial charge in [0.1, 0.15) is 0 Å². The van der Waals surface area contributed by atoms with E-state index in [0.717, 1.165) is 32.4 Å². The zero-order valence-electron chi connectivity index (χ0n) is 11.8. The van der Waals surface area contributed by atoms with Crippen LogP contribution in [0.15, 0.2) is 0 Å². The van der Waals surface area contributed by atoms with Crippen LogP contribution in [-0.4, -0.2) is 55.2 Å². The van der Waals surface area contributed by atoms with E-state index in [4.69, 9.17) is 5.11 Å². The summed E-state index contributed by atoms with van der Waals surface area (Å²) in [6, 6.07) is 0.0599. The molecule has 0 aromatic rings. The predicted octanol–water partition coefficient (Wildman–Crippen LogP) is 0.881. The molecule has 0 heterocycles. The minimum atomic E-state index is -0.714. The Morgan fingerprint density at radius 3 is 2.42 bits per heavy atom. The number of carboxylic acid groups (broad SMARTS) is 1. The predicted molar refractivity (Wildman–Crippen MR) is 73.1 cm³/mol. The Balaban J connectivity index is 2.24. The Labute approximate surface area is 114 Å². The fourth-order valence-corrected chi connectivity index (χ4v) is 2.36. The summed E-state index contributed by atoms with van der Waals surface area (Å²) in [5.74, 6) is -0.949. The molecule has 19 heavy (non-hydrogen) atoms. The maximum Gasteiger partial charge on any atom is 0.317 e. The first-order valence-electron chi connectivity index (χ1n) is 6.93. The molecule has 6 heteroatoms. The van der Waals surface area contributed by atoms with E-state index < -0.39 is 5.97 Å². The minimum Gasteiger partial charge on any atom is -0.481 e. The number of amides is 2. The Morgan fingerprint density at radius 2 is 1.89 bits per heavy atom. The van der Waals surface area contributed by atoms with Gasteiger partial charge >= 0.3 is 12.0 Å². The summed E-state index contributed by atoms with van der Waals surface area (Å²) >= 11 is 0. The van der Waals surface area contributed by atoms with Crippen LogP contribution in [0.25, 0.3) is 0 Å². The van der Waals surface area contributed by atoms with E-state index in [2.05, 4.69) is 10.6 Å². The van der Waals surface area contributed by atoms with E-state index in [-0.39, 0.29) is 18.0 Å². The van der Waals surface area contributed by atoms with Crippen molar-refractivity contribution in [1.82, 2.24) is 15.5 Å². The third kappa shape index (κ3) is 5.46. The second-order valence-electron chi connectivity index (χ2n) is 5.21. The molecular formula is C13H25N3O3. The lowest BCUT2D eigenvalue weighted by molar-refractivity contribution is -0.142. The van der Waals surface area contributed by atoms with Gasteiger partial charge < -0.3 is 20.6 Å². The van der Waals surface area contributed by atoms with Gasteiger partial charge in [-0.25, -0.2) is 4.79 Å². The quantitative estimate of drug-likeness (QED) is 0.626. The summed E-state index contributed by atoms with van der Waals surface area (Å²) < 4.78 is 0. The maximum absolute atomic E-state index is 11.9. The Morgan fingerprint density at radius 1 is 1.26 bits per heavy atom. The van der Waals surface area contributed by atoms with E-state index in [1.165, 1.54) is 0 Å². The van der Waals surface area contributed by atoms with Crippen molar-refractivity contribution in [3.05, 3.63) is 0 Å². The molecule has 1 fully saturated rings. The molecule has 0 saturated heterocycles. The van der Waals surface area contributed by atoms with Gasteiger partial charge in [0.05, 0.1) is 5.92 Å². The van der Waals surface area contributed by atoms with Gasteiger partial charge in [-0.3, -0.25) is 4.79 Å². The largest absolute Gasteiger partial charge is 0.481 e. The number of nitrogens with zero attached hydrogens (tertiary/aromatic N) is 1. The van der Waals surface area contributed by atoms with Crippen LogP contribution in [-0.2, 0) is 4.79 Å². The monoisotopic (exact) mass is 271 g/mol. The first kappa shape index (κ1) is 15.8. The van der Waals surface area contributed by atoms with Crippen molar-refractivity contribution in [2.24, 2.45) is 5.92 Å². The molecule has 0 bridgehead atoms. The van der Waals surface area contributed by atoms with Crippen LogP contribution >= 0.6 is 0 Å². The molecule has 0 unspecified atom stereocenters. The van der Waals surface area contributed by atoms with Gasteiger partial charge in [-0.2, -0.15) is 0 Å². The van der Waals surface area contributed by atoms with E-state index in [1.807, 2.05) is 7.05 Å². The molecule has 0 aliphatic heterocycles. The molecule has 0 radical (unpaired) electrons. The molecule has 2 amide bonds. The van der Waals surface area contributed by atoms with Crippen molar-refractivity contribution in [2.75, 3.05) is 27.2 Å². The lowest BCUT2D eigenvalue weighted by Gasteiger charge is -2.28. The number of urea groups is 1. The molecule has 0 atom stereocenters. The molecule has 3 N–H and O–H groups in total. The van der Waals surface area contributed by atoms with E-state index >= 15 is 0 Å². The van der Waals surface area contributed by atoms with Crippen molar-refractivity contribution >= 4 is 12.0 Å². The molecule has 110 valence electrons. The van der Waals surface area contributed by atoms with Crippen LogP contribution in [0.4, 0.5) is 4.79 Å². The molecule has 6 nitrogen and oxygen atoms in total. The Hall–Kier alpha value is -1.30. The molecule has 0 aromatic carbocycles. The van der Waals surface area contributed by atoms with E-state index in [0.29, 0.717) is 12.8 Å². The van der Waals surface area contributed by atoms with Crippen molar-refractivity contribution in [2.45, 2.75) is 38.1 Å². The molecule has 1 aliphatic rings. The number of hydrogen-bond donors (Lipinski definition) is 3. The van der Waals surface area contributed by atoms with Gasteiger partial charge in [-0.1, -0.05) is 0 Å². The van der Waals surface area contributed by atoms with Crippen LogP contribution in [0, 0.1) is 5.92 Å². The third-order valence-electron chi connectivity index (χ3n) is 3.67. The summed E-state index contributed by atoms with van der Waals surface area (Å²) in [6.45, 7) is 1.61. The van der Waals surface area contributed by atoms with Crippen molar-refractivity contribution < 1.29 is 14.7 Å². The lowest BCUT2D eigenvalue weighted by atomic mass is 9.86. The topological polar surface area (TPSA) is 81.7 Å². The second-order valence-corrected chi connectivity index (χ2v) is 5.21. The van der Waals surface area contributed by atoms with Crippen LogP contribution in [0.5, 0.6) is 0 Å². The molecule has 0 aromatic heterocycles. The minimum absolute atomic E-state index is 0.0603. The first-order valence-corrected chi connectivity index (χ1v) is 6.93. The second kappa shape index (κ2) is 7.99. The van der Waals surface area contributed by atoms with Crippen molar-refractivity contribution in [1.29, 1.82) is 0 Å². The fraction of sp³-hybridized carbons (Fsp3) is 0.846. The van der Waals surface area contributed by atoms with Gasteiger partial charge in [0.25, 0.3) is 0 Å². The SMILES string of the molecule is CNCCCN(C)C(=O)NC1CCC(C(=O)O)CC1. The highest BCUT2D eigenvalue weighted by Crippen LogP contribution is 2.24. The number of carbonyl (C=O) groups is 2. The standard InChI is InChI=1S/C13H25N3O3/c1-14-8-3-9-16(2)13(19)15-11-6-4-10(5-7-11)12(17)18/h10-11,14H,3-9H2,1-2H3,(H,15,19)(H,17,18). The first-order chi connectivity index (χ1) is 9.04. The summed E-state index contributed by atoms with van der Waals surface area (Å²) in [4.78, 5) is 24.4. The smallest absolute Gasteiger partial charge is 0.317 e. The average molecular weight is 271 g/mol. The molecule has 1 rings (SSSR count). The average Bonchev–Trinajstić information content (AvgIpc) is 2.39. The third-order valence-corrected chi connectivity index (χ3v) is 3.67. The number of carbonyl (C=O) groups excluding carboxylic acids is 1. The lowest BCUT2D eigenvalue weighted by Crippen LogP contribution is -2.45. The number of hydrogen-bond acceptors (Lipinski definition) is 3. The van der Waals surface area contributed by atoms with Crippen molar-refractivity contribution in [3.63, 3.8) is 0 Å². The summed E-state index contributed by atoms with van der Waals surface area (Å²) in [5, 5.41) is 14.9. The van der Waals surface area contributed by atoms with Crippen molar-refractivity contribution in [3.8, 4) is 0 Å². The maximum atomic E-state index is 11.9. The van der Waals surface area contributed by atoms with E-state index in [1.54, 1.807) is 11.9 Å². The zero-order chi connectivity index (χ0) is 14.3. The fourth-order valence-electron chi connectivity index (χ4n) is 2.36. The van der Waals surface area contributed by atoms with Gasteiger partial charge in [0, 0.05) is 19.6 Å². The highest BCUT2D eigenvalue weighted by Gasteiger charge is 2.27. The molecule has 0 spiro atoms. The van der Waals surface area contributed by atoms with Crippen LogP contribution in [0.3, 0.4) is 0 Å². The Kier molecular flexibility index (Phi) is 6.62. The van der Waals surface area contributed by atoms with Gasteiger partial charge in [-0.05, 0) is 45.7 Å². The summed E-state index contributed by atoms with van der Waals surface area (Å²) in [6.07, 6.45) is 3.75.